The standard InChI is InChI=1S/C24H25N5O4S/c1-3-33-24(30)17-7-6-14-28(15-17)21-19-8-4-5-9-20(19)29-22(25-21)23(26-27-29)34(31,32)18-12-10-16(2)11-13-18/h4-5,8-13,17H,3,6-7,14-15H2,1-2H3/t17-/m1/s1. The Kier molecular flexibility index (Phi) is 5.68. The first kappa shape index (κ1) is 22.3. The quantitative estimate of drug-likeness (QED) is 0.402. The summed E-state index contributed by atoms with van der Waals surface area (Å²) in [7, 11) is -3.94. The van der Waals surface area contributed by atoms with Crippen molar-refractivity contribution in [3.63, 3.8) is 0 Å². The van der Waals surface area contributed by atoms with Crippen LogP contribution < -0.4 is 4.90 Å². The van der Waals surface area contributed by atoms with Gasteiger partial charge in [-0.25, -0.2) is 13.4 Å². The first-order valence-corrected chi connectivity index (χ1v) is 12.8. The molecule has 176 valence electrons. The molecule has 0 bridgehead atoms. The van der Waals surface area contributed by atoms with Gasteiger partial charge in [0.15, 0.2) is 5.65 Å². The fourth-order valence-corrected chi connectivity index (χ4v) is 5.63. The number of hydrogen-bond acceptors (Lipinski definition) is 8. The van der Waals surface area contributed by atoms with Gasteiger partial charge in [-0.2, -0.15) is 4.52 Å². The van der Waals surface area contributed by atoms with Crippen LogP contribution in [-0.4, -0.2) is 53.9 Å². The molecule has 5 rings (SSSR count). The highest BCUT2D eigenvalue weighted by molar-refractivity contribution is 7.91. The van der Waals surface area contributed by atoms with Crippen LogP contribution in [0.3, 0.4) is 0 Å². The van der Waals surface area contributed by atoms with E-state index in [1.807, 2.05) is 36.1 Å². The fourth-order valence-electron chi connectivity index (χ4n) is 4.39. The van der Waals surface area contributed by atoms with Crippen LogP contribution in [0.4, 0.5) is 5.82 Å². The van der Waals surface area contributed by atoms with Gasteiger partial charge in [-0.05, 0) is 51.0 Å². The molecule has 4 aromatic rings. The number of piperidine rings is 1. The monoisotopic (exact) mass is 479 g/mol. The number of rotatable bonds is 5. The Morgan fingerprint density at radius 2 is 1.91 bits per heavy atom. The van der Waals surface area contributed by atoms with E-state index in [4.69, 9.17) is 9.72 Å². The van der Waals surface area contributed by atoms with Crippen molar-refractivity contribution in [3.8, 4) is 0 Å². The topological polar surface area (TPSA) is 107 Å². The van der Waals surface area contributed by atoms with E-state index in [-0.39, 0.29) is 27.5 Å². The number of ether oxygens (including phenoxy) is 1. The Morgan fingerprint density at radius 3 is 2.68 bits per heavy atom. The maximum Gasteiger partial charge on any atom is 0.310 e. The lowest BCUT2D eigenvalue weighted by atomic mass is 9.98. The number of fused-ring (bicyclic) bond motifs is 3. The molecule has 1 aliphatic heterocycles. The van der Waals surface area contributed by atoms with Crippen molar-refractivity contribution in [1.82, 2.24) is 19.8 Å². The first-order chi connectivity index (χ1) is 16.4. The molecule has 0 N–H and O–H groups in total. The van der Waals surface area contributed by atoms with Crippen molar-refractivity contribution in [2.45, 2.75) is 36.6 Å². The molecule has 0 saturated carbocycles. The van der Waals surface area contributed by atoms with E-state index in [0.717, 1.165) is 23.8 Å². The number of nitrogens with zero attached hydrogens (tertiary/aromatic N) is 5. The molecule has 1 saturated heterocycles. The average Bonchev–Trinajstić information content (AvgIpc) is 3.29. The largest absolute Gasteiger partial charge is 0.466 e. The SMILES string of the molecule is CCOC(=O)[C@@H]1CCCN(c2nc3c(S(=O)(=O)c4ccc(C)cc4)nnn3c3ccccc23)C1. The van der Waals surface area contributed by atoms with Gasteiger partial charge < -0.3 is 9.64 Å². The summed E-state index contributed by atoms with van der Waals surface area (Å²) in [5.74, 6) is 0.135. The van der Waals surface area contributed by atoms with Crippen LogP contribution in [0.1, 0.15) is 25.3 Å². The average molecular weight is 480 g/mol. The molecular formula is C24H25N5O4S. The Morgan fingerprint density at radius 1 is 1.15 bits per heavy atom. The van der Waals surface area contributed by atoms with Crippen molar-refractivity contribution in [2.75, 3.05) is 24.6 Å². The van der Waals surface area contributed by atoms with Gasteiger partial charge in [0.2, 0.25) is 14.9 Å². The summed E-state index contributed by atoms with van der Waals surface area (Å²) in [4.78, 5) is 19.3. The van der Waals surface area contributed by atoms with Crippen LogP contribution in [0.15, 0.2) is 58.5 Å². The number of esters is 1. The highest BCUT2D eigenvalue weighted by Gasteiger charge is 2.31. The van der Waals surface area contributed by atoms with E-state index in [2.05, 4.69) is 10.3 Å². The van der Waals surface area contributed by atoms with Gasteiger partial charge in [0.1, 0.15) is 5.82 Å². The summed E-state index contributed by atoms with van der Waals surface area (Å²) >= 11 is 0. The van der Waals surface area contributed by atoms with E-state index >= 15 is 0 Å². The number of aromatic nitrogens is 4. The van der Waals surface area contributed by atoms with Crippen molar-refractivity contribution in [2.24, 2.45) is 5.92 Å². The van der Waals surface area contributed by atoms with Crippen molar-refractivity contribution in [1.29, 1.82) is 0 Å². The second-order valence-electron chi connectivity index (χ2n) is 8.44. The van der Waals surface area contributed by atoms with E-state index in [9.17, 15) is 13.2 Å². The summed E-state index contributed by atoms with van der Waals surface area (Å²) in [5, 5.41) is 8.80. The van der Waals surface area contributed by atoms with Gasteiger partial charge in [-0.1, -0.05) is 35.0 Å². The maximum absolute atomic E-state index is 13.4. The first-order valence-electron chi connectivity index (χ1n) is 11.3. The highest BCUT2D eigenvalue weighted by Crippen LogP contribution is 2.32. The summed E-state index contributed by atoms with van der Waals surface area (Å²) in [6.07, 6.45) is 1.55. The number of para-hydroxylation sites is 1. The van der Waals surface area contributed by atoms with Crippen molar-refractivity contribution >= 4 is 38.2 Å². The van der Waals surface area contributed by atoms with Gasteiger partial charge in [-0.15, -0.1) is 5.10 Å². The molecule has 0 spiro atoms. The number of anilines is 1. The second-order valence-corrected chi connectivity index (χ2v) is 10.3. The minimum Gasteiger partial charge on any atom is -0.466 e. The van der Waals surface area contributed by atoms with E-state index in [0.29, 0.717) is 31.0 Å². The molecule has 0 unspecified atom stereocenters. The normalized spacial score (nSPS) is 16.8. The number of sulfone groups is 1. The van der Waals surface area contributed by atoms with E-state index < -0.39 is 9.84 Å². The number of carbonyl (C=O) groups excluding carboxylic acids is 1. The number of aryl methyl sites for hydroxylation is 1. The molecular weight excluding hydrogens is 454 g/mol. The number of carbonyl (C=O) groups is 1. The van der Waals surface area contributed by atoms with Gasteiger partial charge in [0.05, 0.1) is 22.9 Å². The lowest BCUT2D eigenvalue weighted by Gasteiger charge is -2.33. The summed E-state index contributed by atoms with van der Waals surface area (Å²) in [6.45, 7) is 5.18. The smallest absolute Gasteiger partial charge is 0.310 e. The van der Waals surface area contributed by atoms with Crippen LogP contribution in [0.5, 0.6) is 0 Å². The molecule has 10 heteroatoms. The molecule has 2 aromatic carbocycles. The zero-order chi connectivity index (χ0) is 23.9. The van der Waals surface area contributed by atoms with Gasteiger partial charge in [0.25, 0.3) is 0 Å². The molecule has 34 heavy (non-hydrogen) atoms. The second kappa shape index (κ2) is 8.68. The predicted octanol–water partition coefficient (Wildman–Crippen LogP) is 3.20. The Labute approximate surface area is 197 Å². The molecule has 0 aliphatic carbocycles. The third-order valence-electron chi connectivity index (χ3n) is 6.13. The van der Waals surface area contributed by atoms with Crippen LogP contribution in [0, 0.1) is 12.8 Å². The number of hydrogen-bond donors (Lipinski definition) is 0. The van der Waals surface area contributed by atoms with Crippen LogP contribution in [-0.2, 0) is 19.4 Å². The van der Waals surface area contributed by atoms with Crippen LogP contribution in [0.2, 0.25) is 0 Å². The number of benzene rings is 2. The van der Waals surface area contributed by atoms with Crippen LogP contribution >= 0.6 is 0 Å². The fraction of sp³-hybridized carbons (Fsp3) is 0.333. The van der Waals surface area contributed by atoms with Crippen molar-refractivity contribution in [3.05, 3.63) is 54.1 Å². The minimum absolute atomic E-state index is 0.136. The summed E-state index contributed by atoms with van der Waals surface area (Å²) in [5.41, 5.74) is 1.81. The molecule has 0 amide bonds. The van der Waals surface area contributed by atoms with Gasteiger partial charge in [0, 0.05) is 18.5 Å². The molecule has 1 aliphatic rings. The van der Waals surface area contributed by atoms with Crippen molar-refractivity contribution < 1.29 is 17.9 Å². The third kappa shape index (κ3) is 3.77. The predicted molar refractivity (Wildman–Crippen MR) is 126 cm³/mol. The Hall–Kier alpha value is -3.53. The summed E-state index contributed by atoms with van der Waals surface area (Å²) < 4.78 is 33.6. The summed E-state index contributed by atoms with van der Waals surface area (Å²) in [6, 6.07) is 14.1. The van der Waals surface area contributed by atoms with Gasteiger partial charge >= 0.3 is 5.97 Å². The molecule has 0 radical (unpaired) electrons. The molecule has 2 aromatic heterocycles. The molecule has 3 heterocycles. The zero-order valence-corrected chi connectivity index (χ0v) is 19.8. The lowest BCUT2D eigenvalue weighted by molar-refractivity contribution is -0.148. The minimum atomic E-state index is -3.94. The maximum atomic E-state index is 13.4. The molecule has 1 atom stereocenters. The third-order valence-corrected chi connectivity index (χ3v) is 7.79. The molecule has 1 fully saturated rings. The zero-order valence-electron chi connectivity index (χ0n) is 19.0. The van der Waals surface area contributed by atoms with Gasteiger partial charge in [-0.3, -0.25) is 4.79 Å². The molecule has 9 nitrogen and oxygen atoms in total. The highest BCUT2D eigenvalue weighted by atomic mass is 32.2. The Bertz CT molecular complexity index is 1480. The van der Waals surface area contributed by atoms with E-state index in [1.54, 1.807) is 31.2 Å². The van der Waals surface area contributed by atoms with Crippen LogP contribution in [0.25, 0.3) is 16.6 Å². The lowest BCUT2D eigenvalue weighted by Crippen LogP contribution is -2.40. The Balaban J connectivity index is 1.66. The van der Waals surface area contributed by atoms with E-state index in [1.165, 1.54) is 4.52 Å².